The van der Waals surface area contributed by atoms with E-state index in [4.69, 9.17) is 0 Å². The molecule has 2 saturated heterocycles. The van der Waals surface area contributed by atoms with Gasteiger partial charge in [-0.25, -0.2) is 0 Å². The molecule has 3 heteroatoms. The van der Waals surface area contributed by atoms with Gasteiger partial charge in [0, 0.05) is 30.1 Å². The molecule has 13 heavy (non-hydrogen) atoms. The van der Waals surface area contributed by atoms with Gasteiger partial charge >= 0.3 is 0 Å². The molecule has 2 aliphatic heterocycles. The third-order valence-electron chi connectivity index (χ3n) is 3.28. The Bertz CT molecular complexity index is 163. The van der Waals surface area contributed by atoms with Crippen molar-refractivity contribution < 1.29 is 0 Å². The molecule has 0 saturated carbocycles. The monoisotopic (exact) mass is 294 g/mol. The summed E-state index contributed by atoms with van der Waals surface area (Å²) in [5, 5.41) is 0. The third kappa shape index (κ3) is 2.57. The van der Waals surface area contributed by atoms with Gasteiger partial charge in [0.2, 0.25) is 0 Å². The molecular formula is C10H19IN2. The maximum Gasteiger partial charge on any atom is 0.0224 e. The van der Waals surface area contributed by atoms with Gasteiger partial charge in [-0.3, -0.25) is 4.90 Å². The Balaban J connectivity index is 1.76. The first-order valence-corrected chi connectivity index (χ1v) is 6.95. The molecule has 0 amide bonds. The molecule has 0 radical (unpaired) electrons. The van der Waals surface area contributed by atoms with Crippen LogP contribution in [-0.2, 0) is 0 Å². The normalized spacial score (nSPS) is 30.7. The molecule has 2 heterocycles. The van der Waals surface area contributed by atoms with Crippen LogP contribution in [0.2, 0.25) is 0 Å². The van der Waals surface area contributed by atoms with Gasteiger partial charge < -0.3 is 4.90 Å². The van der Waals surface area contributed by atoms with Crippen molar-refractivity contribution >= 4 is 22.6 Å². The maximum absolute atomic E-state index is 2.68. The number of alkyl halides is 1. The van der Waals surface area contributed by atoms with Crippen molar-refractivity contribution in [2.45, 2.75) is 25.3 Å². The molecular weight excluding hydrogens is 275 g/mol. The van der Waals surface area contributed by atoms with Gasteiger partial charge in [0.15, 0.2) is 0 Å². The van der Waals surface area contributed by atoms with Crippen molar-refractivity contribution in [3.8, 4) is 0 Å². The molecule has 0 N–H and O–H groups in total. The lowest BCUT2D eigenvalue weighted by Crippen LogP contribution is -2.50. The Hall–Kier alpha value is 0.650. The molecule has 2 aliphatic rings. The van der Waals surface area contributed by atoms with E-state index in [9.17, 15) is 0 Å². The van der Waals surface area contributed by atoms with Crippen LogP contribution in [0.3, 0.4) is 0 Å². The highest BCUT2D eigenvalue weighted by Gasteiger charge is 2.29. The molecule has 76 valence electrons. The summed E-state index contributed by atoms with van der Waals surface area (Å²) in [6, 6.07) is 0.906. The summed E-state index contributed by atoms with van der Waals surface area (Å²) >= 11 is 2.48. The second kappa shape index (κ2) is 4.94. The van der Waals surface area contributed by atoms with E-state index in [0.29, 0.717) is 0 Å². The van der Waals surface area contributed by atoms with Crippen LogP contribution >= 0.6 is 22.6 Å². The zero-order valence-corrected chi connectivity index (χ0v) is 10.4. The van der Waals surface area contributed by atoms with Crippen LogP contribution in [0.1, 0.15) is 19.3 Å². The maximum atomic E-state index is 2.68. The number of hydrogen-bond donors (Lipinski definition) is 0. The molecule has 1 unspecified atom stereocenters. The minimum absolute atomic E-state index is 0.906. The molecule has 2 fully saturated rings. The first-order chi connectivity index (χ1) is 6.40. The van der Waals surface area contributed by atoms with Gasteiger partial charge in [0.25, 0.3) is 0 Å². The van der Waals surface area contributed by atoms with Crippen LogP contribution in [0.5, 0.6) is 0 Å². The second-order valence-electron chi connectivity index (χ2n) is 4.18. The Morgan fingerprint density at radius 1 is 1.23 bits per heavy atom. The van der Waals surface area contributed by atoms with E-state index in [1.165, 1.54) is 56.4 Å². The molecule has 0 aromatic rings. The summed E-state index contributed by atoms with van der Waals surface area (Å²) in [6.45, 7) is 6.67. The first kappa shape index (κ1) is 10.2. The quantitative estimate of drug-likeness (QED) is 0.576. The zero-order valence-electron chi connectivity index (χ0n) is 8.21. The van der Waals surface area contributed by atoms with E-state index in [2.05, 4.69) is 32.4 Å². The molecule has 0 aliphatic carbocycles. The standard InChI is InChI=1S/C10H19IN2/c11-4-2-5-12-7-8-13-6-1-3-10(13)9-12/h10H,1-9H2. The van der Waals surface area contributed by atoms with Crippen LogP contribution in [0.15, 0.2) is 0 Å². The zero-order chi connectivity index (χ0) is 9.10. The fourth-order valence-corrected chi connectivity index (χ4v) is 2.88. The molecule has 1 atom stereocenters. The van der Waals surface area contributed by atoms with E-state index in [0.717, 1.165) is 6.04 Å². The van der Waals surface area contributed by atoms with Gasteiger partial charge in [-0.1, -0.05) is 22.6 Å². The highest BCUT2D eigenvalue weighted by molar-refractivity contribution is 14.1. The van der Waals surface area contributed by atoms with E-state index >= 15 is 0 Å². The van der Waals surface area contributed by atoms with E-state index in [-0.39, 0.29) is 0 Å². The van der Waals surface area contributed by atoms with Crippen molar-refractivity contribution in [2.75, 3.05) is 37.2 Å². The van der Waals surface area contributed by atoms with Gasteiger partial charge in [-0.05, 0) is 32.4 Å². The van der Waals surface area contributed by atoms with Crippen molar-refractivity contribution in [3.63, 3.8) is 0 Å². The Morgan fingerprint density at radius 2 is 2.15 bits per heavy atom. The predicted octanol–water partition coefficient (Wildman–Crippen LogP) is 1.59. The molecule has 2 nitrogen and oxygen atoms in total. The Kier molecular flexibility index (Phi) is 3.86. The number of piperazine rings is 1. The highest BCUT2D eigenvalue weighted by atomic mass is 127. The van der Waals surface area contributed by atoms with Crippen molar-refractivity contribution in [3.05, 3.63) is 0 Å². The number of halogens is 1. The lowest BCUT2D eigenvalue weighted by Gasteiger charge is -2.37. The summed E-state index contributed by atoms with van der Waals surface area (Å²) in [5.74, 6) is 0. The van der Waals surface area contributed by atoms with Crippen LogP contribution in [0.4, 0.5) is 0 Å². The molecule has 0 bridgehead atoms. The molecule has 0 aromatic heterocycles. The van der Waals surface area contributed by atoms with Crippen LogP contribution in [0, 0.1) is 0 Å². The SMILES string of the molecule is ICCCN1CCN2CCCC2C1. The highest BCUT2D eigenvalue weighted by Crippen LogP contribution is 2.21. The largest absolute Gasteiger partial charge is 0.300 e. The van der Waals surface area contributed by atoms with Gasteiger partial charge in [0.05, 0.1) is 0 Å². The lowest BCUT2D eigenvalue weighted by molar-refractivity contribution is 0.105. The lowest BCUT2D eigenvalue weighted by atomic mass is 10.1. The summed E-state index contributed by atoms with van der Waals surface area (Å²) in [5.41, 5.74) is 0. The Labute approximate surface area is 94.8 Å². The summed E-state index contributed by atoms with van der Waals surface area (Å²) < 4.78 is 1.31. The number of hydrogen-bond acceptors (Lipinski definition) is 2. The van der Waals surface area contributed by atoms with E-state index in [1.807, 2.05) is 0 Å². The van der Waals surface area contributed by atoms with Crippen LogP contribution in [0.25, 0.3) is 0 Å². The summed E-state index contributed by atoms with van der Waals surface area (Å²) in [4.78, 5) is 5.34. The Morgan fingerprint density at radius 3 is 3.00 bits per heavy atom. The molecule has 2 rings (SSSR count). The van der Waals surface area contributed by atoms with Gasteiger partial charge in [-0.2, -0.15) is 0 Å². The van der Waals surface area contributed by atoms with Crippen molar-refractivity contribution in [2.24, 2.45) is 0 Å². The van der Waals surface area contributed by atoms with E-state index < -0.39 is 0 Å². The van der Waals surface area contributed by atoms with Gasteiger partial charge in [0.1, 0.15) is 0 Å². The fraction of sp³-hybridized carbons (Fsp3) is 1.00. The fourth-order valence-electron chi connectivity index (χ4n) is 2.54. The summed E-state index contributed by atoms with van der Waals surface area (Å²) in [7, 11) is 0. The first-order valence-electron chi connectivity index (χ1n) is 5.42. The minimum Gasteiger partial charge on any atom is -0.300 e. The number of rotatable bonds is 3. The van der Waals surface area contributed by atoms with Crippen molar-refractivity contribution in [1.82, 2.24) is 9.80 Å². The number of fused-ring (bicyclic) bond motifs is 1. The predicted molar refractivity (Wildman–Crippen MR) is 64.5 cm³/mol. The second-order valence-corrected chi connectivity index (χ2v) is 5.25. The average Bonchev–Trinajstić information content (AvgIpc) is 2.61. The molecule has 0 aromatic carbocycles. The minimum atomic E-state index is 0.906. The van der Waals surface area contributed by atoms with E-state index in [1.54, 1.807) is 0 Å². The number of nitrogens with zero attached hydrogens (tertiary/aromatic N) is 2. The smallest absolute Gasteiger partial charge is 0.0224 e. The molecule has 0 spiro atoms. The van der Waals surface area contributed by atoms with Crippen LogP contribution < -0.4 is 0 Å². The van der Waals surface area contributed by atoms with Crippen LogP contribution in [-0.4, -0.2) is 53.0 Å². The average molecular weight is 294 g/mol. The van der Waals surface area contributed by atoms with Gasteiger partial charge in [-0.15, -0.1) is 0 Å². The van der Waals surface area contributed by atoms with Crippen molar-refractivity contribution in [1.29, 1.82) is 0 Å². The topological polar surface area (TPSA) is 6.48 Å². The summed E-state index contributed by atoms with van der Waals surface area (Å²) in [6.07, 6.45) is 4.25. The third-order valence-corrected chi connectivity index (χ3v) is 4.04.